The van der Waals surface area contributed by atoms with Gasteiger partial charge < -0.3 is 5.32 Å². The molecule has 4 nitrogen and oxygen atoms in total. The molecule has 1 aromatic heterocycles. The fraction of sp³-hybridized carbons (Fsp3) is 0.471. The van der Waals surface area contributed by atoms with Crippen molar-refractivity contribution in [1.82, 2.24) is 15.5 Å². The van der Waals surface area contributed by atoms with Crippen LogP contribution in [0.3, 0.4) is 0 Å². The number of hydrogen-bond acceptors (Lipinski definition) is 6. The number of amides is 1. The summed E-state index contributed by atoms with van der Waals surface area (Å²) in [6.07, 6.45) is 0. The second-order valence-corrected chi connectivity index (χ2v) is 9.46. The third kappa shape index (κ3) is 5.79. The molecule has 24 heavy (non-hydrogen) atoms. The molecule has 1 amide bonds. The molecule has 0 aliphatic heterocycles. The van der Waals surface area contributed by atoms with Crippen molar-refractivity contribution in [1.29, 1.82) is 0 Å². The summed E-state index contributed by atoms with van der Waals surface area (Å²) in [6.45, 7) is 8.86. The van der Waals surface area contributed by atoms with Gasteiger partial charge in [-0.05, 0) is 30.9 Å². The lowest BCUT2D eigenvalue weighted by Crippen LogP contribution is -2.30. The smallest absolute Gasteiger partial charge is 0.233 e. The van der Waals surface area contributed by atoms with Crippen LogP contribution >= 0.6 is 34.9 Å². The van der Waals surface area contributed by atoms with E-state index in [0.29, 0.717) is 12.5 Å². The molecule has 0 aliphatic rings. The van der Waals surface area contributed by atoms with Gasteiger partial charge in [0.25, 0.3) is 0 Å². The lowest BCUT2D eigenvalue weighted by Gasteiger charge is -2.07. The van der Waals surface area contributed by atoms with Crippen LogP contribution in [0, 0.1) is 0 Å². The van der Waals surface area contributed by atoms with E-state index in [1.807, 2.05) is 13.8 Å². The van der Waals surface area contributed by atoms with Crippen LogP contribution in [-0.4, -0.2) is 27.9 Å². The van der Waals surface area contributed by atoms with E-state index >= 15 is 0 Å². The molecule has 130 valence electrons. The van der Waals surface area contributed by atoms with Gasteiger partial charge in [0.15, 0.2) is 8.68 Å². The summed E-state index contributed by atoms with van der Waals surface area (Å²) in [6, 6.07) is 8.73. The Labute approximate surface area is 156 Å². The molecule has 0 fully saturated rings. The van der Waals surface area contributed by atoms with Crippen molar-refractivity contribution in [2.24, 2.45) is 0 Å². The van der Waals surface area contributed by atoms with Crippen molar-refractivity contribution in [2.45, 2.75) is 53.3 Å². The summed E-state index contributed by atoms with van der Waals surface area (Å²) in [5.74, 6) is 1.47. The molecular weight excluding hydrogens is 358 g/mol. The highest BCUT2D eigenvalue weighted by Crippen LogP contribution is 2.32. The summed E-state index contributed by atoms with van der Waals surface area (Å²) in [5, 5.41) is 11.1. The Bertz CT molecular complexity index is 655. The van der Waals surface area contributed by atoms with Crippen LogP contribution in [0.15, 0.2) is 32.9 Å². The quantitative estimate of drug-likeness (QED) is 0.679. The molecule has 1 N–H and O–H groups in total. The molecule has 0 bridgehead atoms. The van der Waals surface area contributed by atoms with Crippen LogP contribution in [0.4, 0.5) is 0 Å². The fourth-order valence-electron chi connectivity index (χ4n) is 1.97. The van der Waals surface area contributed by atoms with E-state index < -0.39 is 0 Å². The Morgan fingerprint density at radius 3 is 2.46 bits per heavy atom. The lowest BCUT2D eigenvalue weighted by molar-refractivity contribution is -0.120. The minimum atomic E-state index is -0.153. The van der Waals surface area contributed by atoms with E-state index in [-0.39, 0.29) is 11.2 Å². The lowest BCUT2D eigenvalue weighted by atomic mass is 10.0. The predicted molar refractivity (Wildman–Crippen MR) is 104 cm³/mol. The van der Waals surface area contributed by atoms with E-state index in [1.54, 1.807) is 23.1 Å². The molecule has 1 heterocycles. The van der Waals surface area contributed by atoms with E-state index in [4.69, 9.17) is 0 Å². The summed E-state index contributed by atoms with van der Waals surface area (Å²) in [5.41, 5.74) is 2.64. The van der Waals surface area contributed by atoms with Crippen molar-refractivity contribution < 1.29 is 4.79 Å². The Morgan fingerprint density at radius 2 is 1.83 bits per heavy atom. The summed E-state index contributed by atoms with van der Waals surface area (Å²) < 4.78 is 1.78. The third-order valence-electron chi connectivity index (χ3n) is 3.39. The first-order valence-corrected chi connectivity index (χ1v) is 10.7. The molecular formula is C17H23N3OS3. The number of aromatic nitrogens is 2. The van der Waals surface area contributed by atoms with E-state index in [2.05, 4.69) is 53.6 Å². The number of thioether (sulfide) groups is 2. The van der Waals surface area contributed by atoms with Crippen molar-refractivity contribution in [3.05, 3.63) is 35.4 Å². The van der Waals surface area contributed by atoms with Gasteiger partial charge in [0, 0.05) is 12.3 Å². The largest absolute Gasteiger partial charge is 0.355 e. The number of hydrogen-bond donors (Lipinski definition) is 1. The number of nitrogens with one attached hydrogen (secondary N) is 1. The normalized spacial score (nSPS) is 12.4. The summed E-state index contributed by atoms with van der Waals surface area (Å²) in [7, 11) is 0. The van der Waals surface area contributed by atoms with Gasteiger partial charge in [0.2, 0.25) is 5.91 Å². The van der Waals surface area contributed by atoms with Gasteiger partial charge in [-0.25, -0.2) is 0 Å². The van der Waals surface area contributed by atoms with Gasteiger partial charge >= 0.3 is 0 Å². The minimum absolute atomic E-state index is 0.0390. The van der Waals surface area contributed by atoms with Gasteiger partial charge in [0.05, 0.1) is 5.25 Å². The van der Waals surface area contributed by atoms with E-state index in [9.17, 15) is 4.79 Å². The molecule has 2 rings (SSSR count). The van der Waals surface area contributed by atoms with Crippen LogP contribution in [0.5, 0.6) is 0 Å². The van der Waals surface area contributed by atoms with Crippen LogP contribution < -0.4 is 5.32 Å². The van der Waals surface area contributed by atoms with E-state index in [1.165, 1.54) is 22.9 Å². The van der Waals surface area contributed by atoms with Crippen molar-refractivity contribution >= 4 is 40.8 Å². The van der Waals surface area contributed by atoms with Gasteiger partial charge in [-0.3, -0.25) is 4.79 Å². The van der Waals surface area contributed by atoms with Gasteiger partial charge in [-0.2, -0.15) is 0 Å². The van der Waals surface area contributed by atoms with Crippen molar-refractivity contribution in [3.8, 4) is 0 Å². The Morgan fingerprint density at radius 1 is 1.17 bits per heavy atom. The summed E-state index contributed by atoms with van der Waals surface area (Å²) in [4.78, 5) is 11.8. The molecule has 0 radical (unpaired) electrons. The second-order valence-electron chi connectivity index (χ2n) is 5.67. The zero-order valence-electron chi connectivity index (χ0n) is 14.4. The maximum absolute atomic E-state index is 11.8. The molecule has 7 heteroatoms. The highest BCUT2D eigenvalue weighted by molar-refractivity contribution is 8.03. The maximum atomic E-state index is 11.8. The number of carbonyl (C=O) groups is 1. The fourth-order valence-corrected chi connectivity index (χ4v) is 5.11. The van der Waals surface area contributed by atoms with Gasteiger partial charge in [0.1, 0.15) is 0 Å². The number of benzene rings is 1. The molecule has 0 saturated heterocycles. The van der Waals surface area contributed by atoms with E-state index in [0.717, 1.165) is 14.4 Å². The van der Waals surface area contributed by atoms with Crippen LogP contribution in [0.25, 0.3) is 0 Å². The topological polar surface area (TPSA) is 54.9 Å². The van der Waals surface area contributed by atoms with Gasteiger partial charge in [-0.15, -0.1) is 10.2 Å². The number of rotatable bonds is 8. The summed E-state index contributed by atoms with van der Waals surface area (Å²) >= 11 is 4.69. The first-order chi connectivity index (χ1) is 11.5. The molecule has 0 saturated carbocycles. The average molecular weight is 382 g/mol. The molecule has 0 spiro atoms. The first kappa shape index (κ1) is 19.3. The predicted octanol–water partition coefficient (Wildman–Crippen LogP) is 4.57. The van der Waals surface area contributed by atoms with Crippen molar-refractivity contribution in [3.63, 3.8) is 0 Å². The zero-order chi connectivity index (χ0) is 17.5. The molecule has 1 aromatic carbocycles. The van der Waals surface area contributed by atoms with Gasteiger partial charge in [-0.1, -0.05) is 73.0 Å². The second kappa shape index (κ2) is 9.44. The maximum Gasteiger partial charge on any atom is 0.233 e. The Balaban J connectivity index is 1.86. The highest BCUT2D eigenvalue weighted by atomic mass is 32.2. The monoisotopic (exact) mass is 381 g/mol. The van der Waals surface area contributed by atoms with Crippen LogP contribution in [-0.2, 0) is 10.5 Å². The Kier molecular flexibility index (Phi) is 7.58. The highest BCUT2D eigenvalue weighted by Gasteiger charge is 2.16. The SMILES string of the molecule is CCNC(=O)[C@@H](C)Sc1nnc(SCc2ccc(C(C)C)cc2)s1. The zero-order valence-corrected chi connectivity index (χ0v) is 16.9. The molecule has 0 unspecified atom stereocenters. The first-order valence-electron chi connectivity index (χ1n) is 7.99. The van der Waals surface area contributed by atoms with Crippen LogP contribution in [0.1, 0.15) is 44.7 Å². The average Bonchev–Trinajstić information content (AvgIpc) is 3.01. The Hall–Kier alpha value is -1.05. The van der Waals surface area contributed by atoms with Crippen LogP contribution in [0.2, 0.25) is 0 Å². The molecule has 2 aromatic rings. The number of nitrogens with zero attached hydrogens (tertiary/aromatic N) is 2. The minimum Gasteiger partial charge on any atom is -0.355 e. The third-order valence-corrected chi connectivity index (χ3v) is 6.71. The number of carbonyl (C=O) groups excluding carboxylic acids is 1. The van der Waals surface area contributed by atoms with Crippen molar-refractivity contribution in [2.75, 3.05) is 6.54 Å². The standard InChI is InChI=1S/C17H23N3OS3/c1-5-18-15(21)12(4)23-17-20-19-16(24-17)22-10-13-6-8-14(9-7-13)11(2)3/h6-9,11-12H,5,10H2,1-4H3,(H,18,21)/t12-/m1/s1. The molecule has 1 atom stereocenters. The molecule has 0 aliphatic carbocycles.